The van der Waals surface area contributed by atoms with E-state index in [1.807, 2.05) is 27.8 Å². The van der Waals surface area contributed by atoms with Crippen LogP contribution < -0.4 is 5.32 Å². The molecule has 10 heteroatoms. The Kier molecular flexibility index (Phi) is 5.65. The van der Waals surface area contributed by atoms with Gasteiger partial charge in [-0.3, -0.25) is 4.79 Å². The number of hydrogen-bond donors (Lipinski definition) is 2. The zero-order chi connectivity index (χ0) is 22.4. The molecule has 2 N–H and O–H groups in total. The quantitative estimate of drug-likeness (QED) is 0.431. The SMILES string of the molecule is O=C(c1nc2c(Cl)cc(CCCc3nc4c(s3)CNCC4)cc2[nH]1)N1CCc2ncsc2C1. The highest BCUT2D eigenvalue weighted by molar-refractivity contribution is 7.11. The predicted octanol–water partition coefficient (Wildman–Crippen LogP) is 4.15. The Labute approximate surface area is 204 Å². The molecule has 0 saturated heterocycles. The summed E-state index contributed by atoms with van der Waals surface area (Å²) < 4.78 is 0. The number of nitrogens with one attached hydrogen (secondary N) is 2. The average Bonchev–Trinajstić information content (AvgIpc) is 3.55. The maximum atomic E-state index is 13.1. The van der Waals surface area contributed by atoms with E-state index in [0.29, 0.717) is 29.5 Å². The number of imidazole rings is 1. The number of H-pyrrole nitrogens is 1. The van der Waals surface area contributed by atoms with Crippen LogP contribution in [0.25, 0.3) is 11.0 Å². The number of hydrogen-bond acceptors (Lipinski definition) is 7. The maximum absolute atomic E-state index is 13.1. The van der Waals surface area contributed by atoms with E-state index in [-0.39, 0.29) is 5.91 Å². The molecule has 6 rings (SSSR count). The third kappa shape index (κ3) is 4.19. The number of nitrogens with zero attached hydrogens (tertiary/aromatic N) is 4. The van der Waals surface area contributed by atoms with Crippen molar-refractivity contribution < 1.29 is 4.79 Å². The fourth-order valence-electron chi connectivity index (χ4n) is 4.55. The molecule has 7 nitrogen and oxygen atoms in total. The number of aryl methyl sites for hydroxylation is 2. The van der Waals surface area contributed by atoms with E-state index in [9.17, 15) is 4.79 Å². The fraction of sp³-hybridized carbons (Fsp3) is 0.391. The van der Waals surface area contributed by atoms with Crippen molar-refractivity contribution in [1.82, 2.24) is 30.2 Å². The Morgan fingerprint density at radius 1 is 1.15 bits per heavy atom. The van der Waals surface area contributed by atoms with Gasteiger partial charge in [-0.15, -0.1) is 22.7 Å². The number of carbonyl (C=O) groups excluding carboxylic acids is 1. The molecule has 170 valence electrons. The molecule has 0 atom stereocenters. The molecule has 33 heavy (non-hydrogen) atoms. The van der Waals surface area contributed by atoms with Gasteiger partial charge in [0.05, 0.1) is 39.0 Å². The van der Waals surface area contributed by atoms with Crippen molar-refractivity contribution in [3.05, 3.63) is 60.2 Å². The molecule has 0 saturated carbocycles. The largest absolute Gasteiger partial charge is 0.334 e. The third-order valence-corrected chi connectivity index (χ3v) is 8.58. The first-order valence-electron chi connectivity index (χ1n) is 11.2. The second-order valence-electron chi connectivity index (χ2n) is 8.52. The number of thiazole rings is 2. The molecule has 1 amide bonds. The lowest BCUT2D eigenvalue weighted by atomic mass is 10.1. The Bertz CT molecular complexity index is 1320. The topological polar surface area (TPSA) is 86.8 Å². The Hall–Kier alpha value is -2.33. The van der Waals surface area contributed by atoms with Gasteiger partial charge in [0.2, 0.25) is 0 Å². The van der Waals surface area contributed by atoms with E-state index in [0.717, 1.165) is 66.8 Å². The van der Waals surface area contributed by atoms with Crippen LogP contribution in [0.1, 0.15) is 48.8 Å². The van der Waals surface area contributed by atoms with Gasteiger partial charge in [0, 0.05) is 42.2 Å². The summed E-state index contributed by atoms with van der Waals surface area (Å²) in [6.07, 6.45) is 4.69. The first-order valence-corrected chi connectivity index (χ1v) is 13.3. The molecule has 0 radical (unpaired) electrons. The third-order valence-electron chi connectivity index (χ3n) is 6.27. The lowest BCUT2D eigenvalue weighted by Gasteiger charge is -2.25. The van der Waals surface area contributed by atoms with Gasteiger partial charge in [-0.25, -0.2) is 15.0 Å². The zero-order valence-electron chi connectivity index (χ0n) is 18.0. The van der Waals surface area contributed by atoms with Crippen molar-refractivity contribution in [2.75, 3.05) is 13.1 Å². The number of halogens is 1. The van der Waals surface area contributed by atoms with Crippen molar-refractivity contribution in [2.24, 2.45) is 0 Å². The minimum absolute atomic E-state index is 0.0925. The van der Waals surface area contributed by atoms with Crippen molar-refractivity contribution in [2.45, 2.75) is 45.2 Å². The first-order chi connectivity index (χ1) is 16.1. The molecular formula is C23H23ClN6OS2. The Morgan fingerprint density at radius 3 is 3.00 bits per heavy atom. The minimum atomic E-state index is -0.0925. The molecule has 0 spiro atoms. The standard InChI is InChI=1S/C23H23ClN6OS2/c24-14-8-13(2-1-3-20-27-16-4-6-25-10-18(16)33-20)9-17-21(14)29-22(28-17)23(31)30-7-5-15-19(11-30)32-12-26-15/h8-9,12,25H,1-7,10-11H2,(H,28,29). The van der Waals surface area contributed by atoms with Gasteiger partial charge < -0.3 is 15.2 Å². The van der Waals surface area contributed by atoms with Gasteiger partial charge in [0.25, 0.3) is 5.91 Å². The number of fused-ring (bicyclic) bond motifs is 3. The highest BCUT2D eigenvalue weighted by atomic mass is 35.5. The summed E-state index contributed by atoms with van der Waals surface area (Å²) in [5, 5.41) is 5.21. The van der Waals surface area contributed by atoms with Gasteiger partial charge in [0.15, 0.2) is 5.82 Å². The summed E-state index contributed by atoms with van der Waals surface area (Å²) in [5.41, 5.74) is 6.84. The van der Waals surface area contributed by atoms with Crippen molar-refractivity contribution in [1.29, 1.82) is 0 Å². The van der Waals surface area contributed by atoms with E-state index >= 15 is 0 Å². The van der Waals surface area contributed by atoms with Crippen LogP contribution >= 0.6 is 34.3 Å². The van der Waals surface area contributed by atoms with Crippen molar-refractivity contribution in [3.8, 4) is 0 Å². The highest BCUT2D eigenvalue weighted by Gasteiger charge is 2.26. The smallest absolute Gasteiger partial charge is 0.290 e. The van der Waals surface area contributed by atoms with Crippen LogP contribution in [0.4, 0.5) is 0 Å². The number of benzene rings is 1. The number of aromatic nitrogens is 4. The van der Waals surface area contributed by atoms with E-state index in [2.05, 4.69) is 26.3 Å². The predicted molar refractivity (Wildman–Crippen MR) is 131 cm³/mol. The van der Waals surface area contributed by atoms with Crippen LogP contribution in [0, 0.1) is 0 Å². The molecule has 5 heterocycles. The first kappa shape index (κ1) is 21.2. The normalized spacial score (nSPS) is 15.6. The van der Waals surface area contributed by atoms with Crippen molar-refractivity contribution >= 4 is 51.2 Å². The summed E-state index contributed by atoms with van der Waals surface area (Å²) in [6, 6.07) is 4.04. The summed E-state index contributed by atoms with van der Waals surface area (Å²) in [7, 11) is 0. The lowest BCUT2D eigenvalue weighted by molar-refractivity contribution is 0.0725. The van der Waals surface area contributed by atoms with E-state index < -0.39 is 0 Å². The summed E-state index contributed by atoms with van der Waals surface area (Å²) in [6.45, 7) is 3.21. The van der Waals surface area contributed by atoms with E-state index in [4.69, 9.17) is 16.6 Å². The summed E-state index contributed by atoms with van der Waals surface area (Å²) in [5.74, 6) is 0.254. The van der Waals surface area contributed by atoms with Crippen molar-refractivity contribution in [3.63, 3.8) is 0 Å². The average molecular weight is 499 g/mol. The number of carbonyl (C=O) groups is 1. The van der Waals surface area contributed by atoms with Crippen LogP contribution in [0.3, 0.4) is 0 Å². The Morgan fingerprint density at radius 2 is 2.09 bits per heavy atom. The fourth-order valence-corrected chi connectivity index (χ4v) is 6.79. The van der Waals surface area contributed by atoms with Gasteiger partial charge >= 0.3 is 0 Å². The number of rotatable bonds is 5. The molecule has 0 bridgehead atoms. The number of aromatic amines is 1. The summed E-state index contributed by atoms with van der Waals surface area (Å²) in [4.78, 5) is 34.4. The molecule has 0 aliphatic carbocycles. The number of amides is 1. The van der Waals surface area contributed by atoms with Crippen LogP contribution in [0.5, 0.6) is 0 Å². The Balaban J connectivity index is 1.15. The monoisotopic (exact) mass is 498 g/mol. The second-order valence-corrected chi connectivity index (χ2v) is 11.0. The maximum Gasteiger partial charge on any atom is 0.290 e. The molecule has 1 aromatic carbocycles. The molecule has 2 aliphatic rings. The van der Waals surface area contributed by atoms with Gasteiger partial charge in [-0.2, -0.15) is 0 Å². The highest BCUT2D eigenvalue weighted by Crippen LogP contribution is 2.28. The van der Waals surface area contributed by atoms with Crippen LogP contribution in [-0.4, -0.2) is 43.8 Å². The zero-order valence-corrected chi connectivity index (χ0v) is 20.4. The molecule has 4 aromatic rings. The molecular weight excluding hydrogens is 476 g/mol. The van der Waals surface area contributed by atoms with E-state index in [1.54, 1.807) is 11.3 Å². The van der Waals surface area contributed by atoms with Gasteiger partial charge in [0.1, 0.15) is 5.52 Å². The second kappa shape index (κ2) is 8.79. The van der Waals surface area contributed by atoms with Gasteiger partial charge in [-0.05, 0) is 37.0 Å². The van der Waals surface area contributed by atoms with Crippen LogP contribution in [0.15, 0.2) is 17.6 Å². The van der Waals surface area contributed by atoms with Crippen LogP contribution in [0.2, 0.25) is 5.02 Å². The molecule has 2 aliphatic heterocycles. The van der Waals surface area contributed by atoms with E-state index in [1.165, 1.54) is 15.6 Å². The molecule has 0 fully saturated rings. The van der Waals surface area contributed by atoms with Crippen LogP contribution in [-0.2, 0) is 38.8 Å². The summed E-state index contributed by atoms with van der Waals surface area (Å²) >= 11 is 9.98. The lowest BCUT2D eigenvalue weighted by Crippen LogP contribution is -2.36. The molecule has 0 unspecified atom stereocenters. The minimum Gasteiger partial charge on any atom is -0.334 e. The van der Waals surface area contributed by atoms with Gasteiger partial charge in [-0.1, -0.05) is 11.6 Å². The molecule has 3 aromatic heterocycles.